The van der Waals surface area contributed by atoms with Crippen LogP contribution in [0.3, 0.4) is 0 Å². The van der Waals surface area contributed by atoms with Gasteiger partial charge in [0.15, 0.2) is 0 Å². The van der Waals surface area contributed by atoms with Crippen molar-refractivity contribution in [1.82, 2.24) is 20.5 Å². The molecule has 0 aliphatic heterocycles. The minimum absolute atomic E-state index is 0.0998. The Morgan fingerprint density at radius 3 is 2.55 bits per heavy atom. The van der Waals surface area contributed by atoms with Crippen LogP contribution in [0.5, 0.6) is 0 Å². The molecule has 0 atom stereocenters. The molecule has 0 aliphatic rings. The van der Waals surface area contributed by atoms with Gasteiger partial charge in [-0.05, 0) is 50.6 Å². The summed E-state index contributed by atoms with van der Waals surface area (Å²) in [5, 5.41) is 12.7. The molecular weight excluding hydrogens is 272 g/mol. The summed E-state index contributed by atoms with van der Waals surface area (Å²) in [5.41, 5.74) is 2.38. The highest BCUT2D eigenvalue weighted by Crippen LogP contribution is 2.27. The zero-order valence-corrected chi connectivity index (χ0v) is 13.3. The lowest BCUT2D eigenvalue weighted by Crippen LogP contribution is -2.35. The average molecular weight is 292 g/mol. The van der Waals surface area contributed by atoms with Gasteiger partial charge in [-0.1, -0.05) is 6.07 Å². The summed E-state index contributed by atoms with van der Waals surface area (Å²) in [7, 11) is 0. The van der Waals surface area contributed by atoms with E-state index in [1.807, 2.05) is 13.1 Å². The predicted octanol–water partition coefficient (Wildman–Crippen LogP) is 3.12. The van der Waals surface area contributed by atoms with Gasteiger partial charge in [0.2, 0.25) is 5.89 Å². The number of nitrogens with zero attached hydrogens (tertiary/aromatic N) is 3. The second-order valence-corrected chi connectivity index (χ2v) is 6.70. The van der Waals surface area contributed by atoms with E-state index in [9.17, 15) is 0 Å². The Balaban J connectivity index is 2.06. The molecule has 2 aromatic rings. The maximum atomic E-state index is 5.35. The summed E-state index contributed by atoms with van der Waals surface area (Å²) in [5.74, 6) is 0.566. The molecule has 0 amide bonds. The second-order valence-electron chi connectivity index (χ2n) is 5.76. The molecule has 0 spiro atoms. The minimum Gasteiger partial charge on any atom is -0.416 e. The van der Waals surface area contributed by atoms with Crippen molar-refractivity contribution >= 4 is 11.8 Å². The van der Waals surface area contributed by atoms with E-state index in [2.05, 4.69) is 47.3 Å². The van der Waals surface area contributed by atoms with E-state index in [1.165, 1.54) is 17.3 Å². The van der Waals surface area contributed by atoms with Crippen molar-refractivity contribution in [2.24, 2.45) is 0 Å². The third-order valence-electron chi connectivity index (χ3n) is 2.60. The van der Waals surface area contributed by atoms with Gasteiger partial charge >= 0.3 is 0 Å². The molecule has 2 heterocycles. The van der Waals surface area contributed by atoms with Crippen LogP contribution in [0.4, 0.5) is 0 Å². The van der Waals surface area contributed by atoms with Crippen LogP contribution in [0.2, 0.25) is 0 Å². The minimum atomic E-state index is 0.0998. The van der Waals surface area contributed by atoms with E-state index in [-0.39, 0.29) is 5.54 Å². The van der Waals surface area contributed by atoms with Gasteiger partial charge in [0.25, 0.3) is 5.22 Å². The fraction of sp³-hybridized carbons (Fsp3) is 0.500. The van der Waals surface area contributed by atoms with Gasteiger partial charge in [-0.2, -0.15) is 0 Å². The van der Waals surface area contributed by atoms with E-state index in [0.29, 0.717) is 11.1 Å². The highest BCUT2D eigenvalue weighted by Gasteiger charge is 2.11. The Kier molecular flexibility index (Phi) is 4.45. The van der Waals surface area contributed by atoms with Crippen LogP contribution < -0.4 is 5.32 Å². The molecule has 0 radical (unpaired) electrons. The highest BCUT2D eigenvalue weighted by atomic mass is 32.2. The summed E-state index contributed by atoms with van der Waals surface area (Å²) in [4.78, 5) is 4.48. The summed E-state index contributed by atoms with van der Waals surface area (Å²) >= 11 is 1.40. The Labute approximate surface area is 123 Å². The largest absolute Gasteiger partial charge is 0.416 e. The first-order valence-electron chi connectivity index (χ1n) is 6.52. The second kappa shape index (κ2) is 5.93. The van der Waals surface area contributed by atoms with Crippen LogP contribution in [0.1, 0.15) is 37.8 Å². The molecule has 0 saturated carbocycles. The maximum absolute atomic E-state index is 5.35. The number of pyridine rings is 1. The first-order valence-corrected chi connectivity index (χ1v) is 7.34. The first-order chi connectivity index (χ1) is 9.33. The molecule has 0 unspecified atom stereocenters. The topological polar surface area (TPSA) is 63.8 Å². The lowest BCUT2D eigenvalue weighted by atomic mass is 10.1. The lowest BCUT2D eigenvalue weighted by Gasteiger charge is -2.20. The summed E-state index contributed by atoms with van der Waals surface area (Å²) in [6.07, 6.45) is 1.89. The van der Waals surface area contributed by atoms with Crippen LogP contribution in [0.15, 0.2) is 26.9 Å². The van der Waals surface area contributed by atoms with Gasteiger partial charge in [0, 0.05) is 25.2 Å². The number of aryl methyl sites for hydroxylation is 2. The Bertz CT molecular complexity index is 589. The molecular formula is C14H20N4OS. The maximum Gasteiger partial charge on any atom is 0.282 e. The monoisotopic (exact) mass is 292 g/mol. The van der Waals surface area contributed by atoms with Crippen molar-refractivity contribution in [3.8, 4) is 0 Å². The number of hydrogen-bond acceptors (Lipinski definition) is 6. The summed E-state index contributed by atoms with van der Waals surface area (Å²) < 4.78 is 5.35. The van der Waals surface area contributed by atoms with E-state index < -0.39 is 0 Å². The van der Waals surface area contributed by atoms with Gasteiger partial charge in [0.1, 0.15) is 5.03 Å². The standard InChI is InChI=1S/C14H20N4OS/c1-9-6-11(8-16-14(3,4)5)7-15-12(9)20-13-18-17-10(2)19-13/h6-7,16H,8H2,1-5H3. The SMILES string of the molecule is Cc1nnc(Sc2ncc(CNC(C)(C)C)cc2C)o1. The zero-order chi connectivity index (χ0) is 14.8. The molecule has 2 aromatic heterocycles. The van der Waals surface area contributed by atoms with Crippen LogP contribution in [0.25, 0.3) is 0 Å². The van der Waals surface area contributed by atoms with Crippen molar-refractivity contribution in [3.05, 3.63) is 29.3 Å². The van der Waals surface area contributed by atoms with Crippen molar-refractivity contribution in [1.29, 1.82) is 0 Å². The first kappa shape index (κ1) is 15.0. The molecule has 0 aromatic carbocycles. The molecule has 108 valence electrons. The summed E-state index contributed by atoms with van der Waals surface area (Å²) in [6.45, 7) is 11.1. The van der Waals surface area contributed by atoms with Gasteiger partial charge in [-0.25, -0.2) is 4.98 Å². The van der Waals surface area contributed by atoms with E-state index in [4.69, 9.17) is 4.42 Å². The van der Waals surface area contributed by atoms with E-state index >= 15 is 0 Å². The number of hydrogen-bond donors (Lipinski definition) is 1. The van der Waals surface area contributed by atoms with Gasteiger partial charge in [-0.3, -0.25) is 0 Å². The van der Waals surface area contributed by atoms with Crippen LogP contribution in [0, 0.1) is 13.8 Å². The Morgan fingerprint density at radius 1 is 1.25 bits per heavy atom. The van der Waals surface area contributed by atoms with Gasteiger partial charge in [-0.15, -0.1) is 10.2 Å². The quantitative estimate of drug-likeness (QED) is 0.934. The average Bonchev–Trinajstić information content (AvgIpc) is 2.74. The molecule has 0 aliphatic carbocycles. The zero-order valence-electron chi connectivity index (χ0n) is 12.5. The van der Waals surface area contributed by atoms with Crippen molar-refractivity contribution in [2.75, 3.05) is 0 Å². The fourth-order valence-corrected chi connectivity index (χ4v) is 2.33. The Hall–Kier alpha value is -1.40. The highest BCUT2D eigenvalue weighted by molar-refractivity contribution is 7.99. The molecule has 20 heavy (non-hydrogen) atoms. The lowest BCUT2D eigenvalue weighted by molar-refractivity contribution is 0.423. The molecule has 6 heteroatoms. The number of nitrogens with one attached hydrogen (secondary N) is 1. The summed E-state index contributed by atoms with van der Waals surface area (Å²) in [6, 6.07) is 2.14. The van der Waals surface area contributed by atoms with Crippen molar-refractivity contribution < 1.29 is 4.42 Å². The predicted molar refractivity (Wildman–Crippen MR) is 78.7 cm³/mol. The normalized spacial score (nSPS) is 11.8. The molecule has 1 N–H and O–H groups in total. The van der Waals surface area contributed by atoms with Gasteiger partial charge in [0.05, 0.1) is 0 Å². The molecule has 0 saturated heterocycles. The Morgan fingerprint density at radius 2 is 2.00 bits per heavy atom. The molecule has 0 bridgehead atoms. The third-order valence-corrected chi connectivity index (χ3v) is 3.56. The number of rotatable bonds is 4. The molecule has 0 fully saturated rings. The van der Waals surface area contributed by atoms with Crippen molar-refractivity contribution in [3.63, 3.8) is 0 Å². The smallest absolute Gasteiger partial charge is 0.282 e. The van der Waals surface area contributed by atoms with Crippen LogP contribution >= 0.6 is 11.8 Å². The van der Waals surface area contributed by atoms with Crippen LogP contribution in [-0.4, -0.2) is 20.7 Å². The molecule has 2 rings (SSSR count). The van der Waals surface area contributed by atoms with E-state index in [1.54, 1.807) is 6.92 Å². The number of aromatic nitrogens is 3. The fourth-order valence-electron chi connectivity index (χ4n) is 1.59. The van der Waals surface area contributed by atoms with Crippen LogP contribution in [-0.2, 0) is 6.54 Å². The van der Waals surface area contributed by atoms with E-state index in [0.717, 1.165) is 17.1 Å². The third kappa shape index (κ3) is 4.31. The van der Waals surface area contributed by atoms with Crippen molar-refractivity contribution in [2.45, 2.75) is 57.0 Å². The van der Waals surface area contributed by atoms with Gasteiger partial charge < -0.3 is 9.73 Å². The molecule has 5 nitrogen and oxygen atoms in total.